The lowest BCUT2D eigenvalue weighted by molar-refractivity contribution is 0.389. The molecule has 6 heteroatoms. The SMILES string of the molecule is O=Nc1cccc2c(O)c3cc(NO)ccc3c(O)c12. The van der Waals surface area contributed by atoms with Crippen molar-refractivity contribution in [3.05, 3.63) is 41.3 Å². The number of nitrogens with zero attached hydrogens (tertiary/aromatic N) is 1. The summed E-state index contributed by atoms with van der Waals surface area (Å²) in [5.41, 5.74) is 2.40. The van der Waals surface area contributed by atoms with E-state index in [0.717, 1.165) is 0 Å². The number of phenolic OH excluding ortho intramolecular Hbond substituents is 2. The fourth-order valence-corrected chi connectivity index (χ4v) is 2.36. The lowest BCUT2D eigenvalue weighted by Gasteiger charge is -2.11. The van der Waals surface area contributed by atoms with Crippen molar-refractivity contribution in [2.24, 2.45) is 5.18 Å². The van der Waals surface area contributed by atoms with Crippen molar-refractivity contribution in [3.63, 3.8) is 0 Å². The third-order valence-electron chi connectivity index (χ3n) is 3.29. The molecule has 0 heterocycles. The van der Waals surface area contributed by atoms with E-state index in [1.165, 1.54) is 24.3 Å². The molecule has 20 heavy (non-hydrogen) atoms. The van der Waals surface area contributed by atoms with Gasteiger partial charge in [0.15, 0.2) is 0 Å². The number of nitroso groups, excluding NO2 is 1. The first kappa shape index (κ1) is 12.2. The molecule has 0 aliphatic rings. The fourth-order valence-electron chi connectivity index (χ4n) is 2.36. The van der Waals surface area contributed by atoms with Gasteiger partial charge in [-0.3, -0.25) is 10.7 Å². The molecule has 0 fully saturated rings. The van der Waals surface area contributed by atoms with Gasteiger partial charge in [0.2, 0.25) is 0 Å². The Hall–Kier alpha value is -2.86. The van der Waals surface area contributed by atoms with Crippen LogP contribution in [-0.4, -0.2) is 15.4 Å². The van der Waals surface area contributed by atoms with Crippen LogP contribution < -0.4 is 5.48 Å². The highest BCUT2D eigenvalue weighted by molar-refractivity contribution is 6.14. The Labute approximate surface area is 112 Å². The Morgan fingerprint density at radius 1 is 0.950 bits per heavy atom. The van der Waals surface area contributed by atoms with Crippen molar-refractivity contribution in [3.8, 4) is 11.5 Å². The summed E-state index contributed by atoms with van der Waals surface area (Å²) in [5.74, 6) is -0.220. The maximum absolute atomic E-state index is 10.8. The highest BCUT2D eigenvalue weighted by Gasteiger charge is 2.16. The van der Waals surface area contributed by atoms with Crippen LogP contribution >= 0.6 is 0 Å². The molecule has 3 aromatic rings. The molecule has 100 valence electrons. The Balaban J connectivity index is 2.57. The summed E-state index contributed by atoms with van der Waals surface area (Å²) in [5, 5.41) is 33.6. The molecule has 0 aliphatic carbocycles. The number of nitrogens with one attached hydrogen (secondary N) is 1. The highest BCUT2D eigenvalue weighted by atomic mass is 16.5. The maximum Gasteiger partial charge on any atom is 0.133 e. The second-order valence-corrected chi connectivity index (χ2v) is 4.36. The van der Waals surface area contributed by atoms with Crippen LogP contribution in [0.5, 0.6) is 11.5 Å². The summed E-state index contributed by atoms with van der Waals surface area (Å²) in [6.07, 6.45) is 0. The molecule has 6 nitrogen and oxygen atoms in total. The number of hydrogen-bond acceptors (Lipinski definition) is 6. The Kier molecular flexibility index (Phi) is 2.66. The predicted molar refractivity (Wildman–Crippen MR) is 75.6 cm³/mol. The summed E-state index contributed by atoms with van der Waals surface area (Å²) < 4.78 is 0. The van der Waals surface area contributed by atoms with Crippen LogP contribution in [0, 0.1) is 4.91 Å². The minimum Gasteiger partial charge on any atom is -0.507 e. The smallest absolute Gasteiger partial charge is 0.133 e. The monoisotopic (exact) mass is 270 g/mol. The molecule has 0 radical (unpaired) electrons. The van der Waals surface area contributed by atoms with Gasteiger partial charge in [-0.25, -0.2) is 0 Å². The van der Waals surface area contributed by atoms with Crippen LogP contribution in [0.1, 0.15) is 0 Å². The number of hydrogen-bond donors (Lipinski definition) is 4. The molecule has 3 rings (SSSR count). The molecule has 0 atom stereocenters. The van der Waals surface area contributed by atoms with E-state index in [2.05, 4.69) is 5.18 Å². The van der Waals surface area contributed by atoms with Crippen LogP contribution in [0.4, 0.5) is 11.4 Å². The van der Waals surface area contributed by atoms with Crippen molar-refractivity contribution in [1.82, 2.24) is 0 Å². The van der Waals surface area contributed by atoms with Gasteiger partial charge in [0.05, 0.1) is 11.1 Å². The first-order chi connectivity index (χ1) is 9.67. The van der Waals surface area contributed by atoms with Gasteiger partial charge in [0.25, 0.3) is 0 Å². The minimum absolute atomic E-state index is 0.0570. The zero-order valence-electron chi connectivity index (χ0n) is 10.2. The van der Waals surface area contributed by atoms with E-state index in [1.807, 2.05) is 5.48 Å². The van der Waals surface area contributed by atoms with Gasteiger partial charge in [-0.15, -0.1) is 4.91 Å². The van der Waals surface area contributed by atoms with E-state index in [0.29, 0.717) is 21.8 Å². The van der Waals surface area contributed by atoms with Crippen molar-refractivity contribution >= 4 is 32.9 Å². The molecule has 0 aromatic heterocycles. The maximum atomic E-state index is 10.8. The first-order valence-corrected chi connectivity index (χ1v) is 5.81. The third-order valence-corrected chi connectivity index (χ3v) is 3.29. The summed E-state index contributed by atoms with van der Waals surface area (Å²) >= 11 is 0. The number of anilines is 1. The molecule has 0 aliphatic heterocycles. The van der Waals surface area contributed by atoms with Gasteiger partial charge in [-0.05, 0) is 29.4 Å². The Morgan fingerprint density at radius 3 is 2.45 bits per heavy atom. The predicted octanol–water partition coefficient (Wildman–Crippen LogP) is 3.60. The van der Waals surface area contributed by atoms with Crippen LogP contribution in [-0.2, 0) is 0 Å². The van der Waals surface area contributed by atoms with E-state index in [9.17, 15) is 15.1 Å². The van der Waals surface area contributed by atoms with E-state index in [-0.39, 0.29) is 22.6 Å². The zero-order chi connectivity index (χ0) is 14.3. The van der Waals surface area contributed by atoms with E-state index >= 15 is 0 Å². The lowest BCUT2D eigenvalue weighted by atomic mass is 9.99. The fraction of sp³-hybridized carbons (Fsp3) is 0. The van der Waals surface area contributed by atoms with Crippen LogP contribution in [0.3, 0.4) is 0 Å². The molecule has 0 unspecified atom stereocenters. The van der Waals surface area contributed by atoms with Crippen LogP contribution in [0.25, 0.3) is 21.5 Å². The van der Waals surface area contributed by atoms with Gasteiger partial charge in [-0.2, -0.15) is 0 Å². The molecule has 0 saturated carbocycles. The quantitative estimate of drug-likeness (QED) is 0.246. The average molecular weight is 270 g/mol. The number of phenols is 2. The molecule has 0 spiro atoms. The summed E-state index contributed by atoms with van der Waals surface area (Å²) in [6, 6.07) is 9.17. The zero-order valence-corrected chi connectivity index (χ0v) is 10.2. The minimum atomic E-state index is -0.132. The van der Waals surface area contributed by atoms with E-state index < -0.39 is 0 Å². The van der Waals surface area contributed by atoms with Crippen molar-refractivity contribution in [1.29, 1.82) is 0 Å². The van der Waals surface area contributed by atoms with Gasteiger partial charge in [-0.1, -0.05) is 12.1 Å². The lowest BCUT2D eigenvalue weighted by Crippen LogP contribution is -1.89. The van der Waals surface area contributed by atoms with Gasteiger partial charge in [0, 0.05) is 16.2 Å². The topological polar surface area (TPSA) is 102 Å². The molecule has 4 N–H and O–H groups in total. The van der Waals surface area contributed by atoms with E-state index in [1.54, 1.807) is 12.1 Å². The Bertz CT molecular complexity index is 846. The van der Waals surface area contributed by atoms with Crippen molar-refractivity contribution in [2.75, 3.05) is 5.48 Å². The van der Waals surface area contributed by atoms with Gasteiger partial charge in [0.1, 0.15) is 17.2 Å². The van der Waals surface area contributed by atoms with Crippen molar-refractivity contribution in [2.45, 2.75) is 0 Å². The summed E-state index contributed by atoms with van der Waals surface area (Å²) in [6.45, 7) is 0. The standard InChI is InChI=1S/C14H10N2O4/c17-13-9-2-1-3-11(16-20)12(9)14(18)8-5-4-7(15-19)6-10(8)13/h1-6,15,17-19H. The summed E-state index contributed by atoms with van der Waals surface area (Å²) in [7, 11) is 0. The number of aromatic hydroxyl groups is 2. The third kappa shape index (κ3) is 1.55. The Morgan fingerprint density at radius 2 is 1.75 bits per heavy atom. The highest BCUT2D eigenvalue weighted by Crippen LogP contribution is 2.45. The normalized spacial score (nSPS) is 10.8. The molecule has 0 amide bonds. The van der Waals surface area contributed by atoms with Crippen molar-refractivity contribution < 1.29 is 15.4 Å². The number of benzene rings is 3. The largest absolute Gasteiger partial charge is 0.507 e. The number of fused-ring (bicyclic) bond motifs is 2. The van der Waals surface area contributed by atoms with Crippen LogP contribution in [0.2, 0.25) is 0 Å². The molecular formula is C14H10N2O4. The molecule has 0 saturated heterocycles. The number of rotatable bonds is 2. The van der Waals surface area contributed by atoms with Gasteiger partial charge >= 0.3 is 0 Å². The second kappa shape index (κ2) is 4.36. The molecule has 3 aromatic carbocycles. The average Bonchev–Trinajstić information content (AvgIpc) is 2.51. The summed E-state index contributed by atoms with van der Waals surface area (Å²) in [4.78, 5) is 10.8. The van der Waals surface area contributed by atoms with Crippen LogP contribution in [0.15, 0.2) is 41.6 Å². The van der Waals surface area contributed by atoms with E-state index in [4.69, 9.17) is 5.21 Å². The van der Waals surface area contributed by atoms with Gasteiger partial charge < -0.3 is 10.2 Å². The first-order valence-electron chi connectivity index (χ1n) is 5.81. The molecule has 0 bridgehead atoms. The second-order valence-electron chi connectivity index (χ2n) is 4.36. The molecular weight excluding hydrogens is 260 g/mol.